The predicted molar refractivity (Wildman–Crippen MR) is 64.6 cm³/mol. The summed E-state index contributed by atoms with van der Waals surface area (Å²) in [6.45, 7) is 4.58. The minimum Gasteiger partial charge on any atom is -0.450 e. The van der Waals surface area contributed by atoms with E-state index in [1.165, 1.54) is 5.54 Å². The fourth-order valence-corrected chi connectivity index (χ4v) is 1.85. The monoisotopic (exact) mass is 246 g/mol. The van der Waals surface area contributed by atoms with E-state index in [4.69, 9.17) is 16.3 Å². The van der Waals surface area contributed by atoms with E-state index < -0.39 is 0 Å². The molecular weight excluding hydrogens is 228 g/mol. The van der Waals surface area contributed by atoms with E-state index in [-0.39, 0.29) is 6.09 Å². The van der Waals surface area contributed by atoms with Gasteiger partial charge in [-0.2, -0.15) is 0 Å². The number of carbonyl (C=O) groups is 1. The van der Waals surface area contributed by atoms with E-state index in [0.717, 1.165) is 32.5 Å². The van der Waals surface area contributed by atoms with Gasteiger partial charge >= 0.3 is 6.09 Å². The third kappa shape index (κ3) is 4.41. The summed E-state index contributed by atoms with van der Waals surface area (Å²) in [5, 5.41) is 3.36. The van der Waals surface area contributed by atoms with Crippen molar-refractivity contribution in [3.8, 4) is 0 Å². The van der Waals surface area contributed by atoms with E-state index in [1.807, 2.05) is 13.0 Å². The summed E-state index contributed by atoms with van der Waals surface area (Å²) in [5.41, 5.74) is 1.51. The van der Waals surface area contributed by atoms with Crippen LogP contribution >= 0.6 is 11.6 Å². The van der Waals surface area contributed by atoms with Gasteiger partial charge in [0, 0.05) is 31.2 Å². The Kier molecular flexibility index (Phi) is 6.26. The molecule has 0 radical (unpaired) electrons. The summed E-state index contributed by atoms with van der Waals surface area (Å²) in [4.78, 5) is 13.2. The zero-order valence-electron chi connectivity index (χ0n) is 9.62. The van der Waals surface area contributed by atoms with Gasteiger partial charge in [0.2, 0.25) is 0 Å². The van der Waals surface area contributed by atoms with Crippen molar-refractivity contribution in [1.82, 2.24) is 10.2 Å². The Bertz CT molecular complexity index is 238. The number of ether oxygens (including phenoxy) is 1. The summed E-state index contributed by atoms with van der Waals surface area (Å²) in [6.07, 6.45) is 3.62. The van der Waals surface area contributed by atoms with Crippen molar-refractivity contribution in [3.05, 3.63) is 11.6 Å². The number of rotatable bonds is 4. The number of nitrogens with zero attached hydrogens (tertiary/aromatic N) is 1. The SMILES string of the molecule is CCOC(=O)N1CCC(NC/C=C/Cl)CC1. The molecule has 0 spiro atoms. The van der Waals surface area contributed by atoms with Crippen LogP contribution in [0.3, 0.4) is 0 Å². The van der Waals surface area contributed by atoms with Gasteiger partial charge in [0.25, 0.3) is 0 Å². The fourth-order valence-electron chi connectivity index (χ4n) is 1.76. The molecule has 0 aromatic rings. The Labute approximate surface area is 102 Å². The summed E-state index contributed by atoms with van der Waals surface area (Å²) >= 11 is 5.43. The number of likely N-dealkylation sites (tertiary alicyclic amines) is 1. The normalized spacial score (nSPS) is 18.0. The molecule has 1 heterocycles. The predicted octanol–water partition coefficient (Wildman–Crippen LogP) is 1.95. The minimum atomic E-state index is -0.193. The molecule has 4 nitrogen and oxygen atoms in total. The van der Waals surface area contributed by atoms with Crippen LogP contribution < -0.4 is 5.32 Å². The lowest BCUT2D eigenvalue weighted by molar-refractivity contribution is 0.0954. The van der Waals surface area contributed by atoms with Crippen LogP contribution in [0.25, 0.3) is 0 Å². The number of hydrogen-bond acceptors (Lipinski definition) is 3. The molecule has 1 saturated heterocycles. The van der Waals surface area contributed by atoms with Crippen LogP contribution in [-0.2, 0) is 4.74 Å². The second kappa shape index (κ2) is 7.52. The highest BCUT2D eigenvalue weighted by Gasteiger charge is 2.22. The average Bonchev–Trinajstić information content (AvgIpc) is 2.30. The minimum absolute atomic E-state index is 0.193. The van der Waals surface area contributed by atoms with E-state index in [9.17, 15) is 4.79 Å². The number of piperidine rings is 1. The lowest BCUT2D eigenvalue weighted by atomic mass is 10.1. The van der Waals surface area contributed by atoms with Gasteiger partial charge in [-0.3, -0.25) is 0 Å². The summed E-state index contributed by atoms with van der Waals surface area (Å²) in [5.74, 6) is 0. The molecule has 0 atom stereocenters. The summed E-state index contributed by atoms with van der Waals surface area (Å²) in [6, 6.07) is 0.471. The highest BCUT2D eigenvalue weighted by molar-refractivity contribution is 6.25. The van der Waals surface area contributed by atoms with Crippen LogP contribution in [0.4, 0.5) is 4.79 Å². The number of nitrogens with one attached hydrogen (secondary N) is 1. The van der Waals surface area contributed by atoms with Crippen molar-refractivity contribution in [1.29, 1.82) is 0 Å². The van der Waals surface area contributed by atoms with Gasteiger partial charge in [0.15, 0.2) is 0 Å². The molecule has 0 aromatic heterocycles. The van der Waals surface area contributed by atoms with Crippen LogP contribution in [0.1, 0.15) is 19.8 Å². The fraction of sp³-hybridized carbons (Fsp3) is 0.727. The van der Waals surface area contributed by atoms with Crippen LogP contribution in [-0.4, -0.2) is 43.3 Å². The van der Waals surface area contributed by atoms with Crippen molar-refractivity contribution in [3.63, 3.8) is 0 Å². The molecule has 1 N–H and O–H groups in total. The standard InChI is InChI=1S/C11H19ClN2O2/c1-2-16-11(15)14-8-4-10(5-9-14)13-7-3-6-12/h3,6,10,13H,2,4-5,7-9H2,1H3/b6-3+. The van der Waals surface area contributed by atoms with Gasteiger partial charge in [-0.25, -0.2) is 4.79 Å². The Morgan fingerprint density at radius 1 is 1.56 bits per heavy atom. The first-order chi connectivity index (χ1) is 7.77. The molecule has 1 amide bonds. The molecule has 1 aliphatic rings. The van der Waals surface area contributed by atoms with Crippen molar-refractivity contribution >= 4 is 17.7 Å². The second-order valence-electron chi connectivity index (χ2n) is 3.73. The Morgan fingerprint density at radius 2 is 2.25 bits per heavy atom. The van der Waals surface area contributed by atoms with Crippen molar-refractivity contribution in [2.45, 2.75) is 25.8 Å². The van der Waals surface area contributed by atoms with E-state index in [2.05, 4.69) is 5.32 Å². The number of hydrogen-bond donors (Lipinski definition) is 1. The molecule has 0 aliphatic carbocycles. The highest BCUT2D eigenvalue weighted by Crippen LogP contribution is 2.11. The quantitative estimate of drug-likeness (QED) is 0.825. The second-order valence-corrected chi connectivity index (χ2v) is 3.98. The highest BCUT2D eigenvalue weighted by atomic mass is 35.5. The number of carbonyl (C=O) groups excluding carboxylic acids is 1. The third-order valence-electron chi connectivity index (χ3n) is 2.63. The molecule has 0 saturated carbocycles. The first-order valence-electron chi connectivity index (χ1n) is 5.68. The Hall–Kier alpha value is -0.740. The average molecular weight is 247 g/mol. The van der Waals surface area contributed by atoms with Crippen LogP contribution in [0.5, 0.6) is 0 Å². The first-order valence-corrected chi connectivity index (χ1v) is 6.12. The summed E-state index contributed by atoms with van der Waals surface area (Å²) < 4.78 is 4.95. The largest absolute Gasteiger partial charge is 0.450 e. The van der Waals surface area contributed by atoms with E-state index in [1.54, 1.807) is 4.90 Å². The molecule has 0 bridgehead atoms. The topological polar surface area (TPSA) is 41.6 Å². The number of halogens is 1. The Morgan fingerprint density at radius 3 is 2.81 bits per heavy atom. The van der Waals surface area contributed by atoms with Crippen molar-refractivity contribution in [2.75, 3.05) is 26.2 Å². The first kappa shape index (κ1) is 13.3. The van der Waals surface area contributed by atoms with Crippen molar-refractivity contribution < 1.29 is 9.53 Å². The molecular formula is C11H19ClN2O2. The van der Waals surface area contributed by atoms with Gasteiger partial charge in [0.1, 0.15) is 0 Å². The lowest BCUT2D eigenvalue weighted by Gasteiger charge is -2.31. The lowest BCUT2D eigenvalue weighted by Crippen LogP contribution is -2.45. The molecule has 0 unspecified atom stereocenters. The van der Waals surface area contributed by atoms with Gasteiger partial charge in [-0.1, -0.05) is 17.7 Å². The number of amides is 1. The smallest absolute Gasteiger partial charge is 0.409 e. The molecule has 92 valence electrons. The molecule has 0 aromatic carbocycles. The van der Waals surface area contributed by atoms with E-state index in [0.29, 0.717) is 12.6 Å². The maximum atomic E-state index is 11.4. The molecule has 5 heteroatoms. The molecule has 16 heavy (non-hydrogen) atoms. The Balaban J connectivity index is 2.20. The molecule has 1 rings (SSSR count). The maximum absolute atomic E-state index is 11.4. The van der Waals surface area contributed by atoms with Gasteiger partial charge in [-0.15, -0.1) is 0 Å². The maximum Gasteiger partial charge on any atom is 0.409 e. The van der Waals surface area contributed by atoms with Gasteiger partial charge in [0.05, 0.1) is 6.61 Å². The molecule has 1 fully saturated rings. The van der Waals surface area contributed by atoms with Crippen LogP contribution in [0.2, 0.25) is 0 Å². The van der Waals surface area contributed by atoms with E-state index >= 15 is 0 Å². The zero-order valence-corrected chi connectivity index (χ0v) is 10.4. The van der Waals surface area contributed by atoms with Crippen LogP contribution in [0, 0.1) is 0 Å². The van der Waals surface area contributed by atoms with Crippen molar-refractivity contribution in [2.24, 2.45) is 0 Å². The van der Waals surface area contributed by atoms with Crippen LogP contribution in [0.15, 0.2) is 11.6 Å². The third-order valence-corrected chi connectivity index (χ3v) is 2.81. The van der Waals surface area contributed by atoms with Gasteiger partial charge < -0.3 is 15.0 Å². The summed E-state index contributed by atoms with van der Waals surface area (Å²) in [7, 11) is 0. The molecule has 1 aliphatic heterocycles. The van der Waals surface area contributed by atoms with Gasteiger partial charge in [-0.05, 0) is 19.8 Å². The zero-order chi connectivity index (χ0) is 11.8.